The second-order valence-corrected chi connectivity index (χ2v) is 6.08. The Morgan fingerprint density at radius 2 is 2.24 bits per heavy atom. The van der Waals surface area contributed by atoms with Gasteiger partial charge in [-0.3, -0.25) is 0 Å². The second kappa shape index (κ2) is 4.95. The fourth-order valence-electron chi connectivity index (χ4n) is 2.55. The lowest BCUT2D eigenvalue weighted by Gasteiger charge is -2.18. The van der Waals surface area contributed by atoms with Crippen molar-refractivity contribution in [2.45, 2.75) is 45.7 Å². The summed E-state index contributed by atoms with van der Waals surface area (Å²) in [4.78, 5) is 0. The van der Waals surface area contributed by atoms with E-state index in [1.54, 1.807) is 6.07 Å². The summed E-state index contributed by atoms with van der Waals surface area (Å²) >= 11 is 5.92. The predicted octanol–water partition coefficient (Wildman–Crippen LogP) is 4.15. The van der Waals surface area contributed by atoms with Gasteiger partial charge in [0.15, 0.2) is 0 Å². The molecule has 0 spiro atoms. The lowest BCUT2D eigenvalue weighted by molar-refractivity contribution is 0.364. The van der Waals surface area contributed by atoms with Crippen molar-refractivity contribution in [3.63, 3.8) is 0 Å². The number of nitrogens with one attached hydrogen (secondary N) is 1. The maximum Gasteiger partial charge on any atom is 0.142 e. The van der Waals surface area contributed by atoms with Gasteiger partial charge in [0, 0.05) is 12.6 Å². The van der Waals surface area contributed by atoms with Crippen LogP contribution in [0.5, 0.6) is 0 Å². The summed E-state index contributed by atoms with van der Waals surface area (Å²) in [5, 5.41) is 3.72. The van der Waals surface area contributed by atoms with Crippen molar-refractivity contribution in [2.24, 2.45) is 5.41 Å². The van der Waals surface area contributed by atoms with E-state index in [-0.39, 0.29) is 10.8 Å². The maximum absolute atomic E-state index is 13.2. The number of hydrogen-bond acceptors (Lipinski definition) is 1. The Balaban J connectivity index is 1.93. The Kier molecular flexibility index (Phi) is 3.74. The van der Waals surface area contributed by atoms with E-state index in [0.717, 1.165) is 5.56 Å². The zero-order valence-electron chi connectivity index (χ0n) is 10.4. The van der Waals surface area contributed by atoms with Crippen LogP contribution in [0, 0.1) is 11.2 Å². The molecule has 0 aromatic heterocycles. The highest BCUT2D eigenvalue weighted by atomic mass is 35.5. The smallest absolute Gasteiger partial charge is 0.142 e. The highest BCUT2D eigenvalue weighted by Gasteiger charge is 2.30. The second-order valence-electron chi connectivity index (χ2n) is 5.70. The zero-order valence-corrected chi connectivity index (χ0v) is 11.1. The van der Waals surface area contributed by atoms with E-state index < -0.39 is 0 Å². The van der Waals surface area contributed by atoms with Crippen molar-refractivity contribution in [2.75, 3.05) is 0 Å². The van der Waals surface area contributed by atoms with Gasteiger partial charge in [-0.25, -0.2) is 4.39 Å². The van der Waals surface area contributed by atoms with Gasteiger partial charge >= 0.3 is 0 Å². The standard InChI is InChI=1S/C14H19ClFN/c1-14(2)7-6-11(8-14)17-9-10-4-3-5-12(16)13(10)15/h3-5,11,17H,6-9H2,1-2H3. The molecule has 0 heterocycles. The van der Waals surface area contributed by atoms with Gasteiger partial charge < -0.3 is 5.32 Å². The van der Waals surface area contributed by atoms with Crippen molar-refractivity contribution < 1.29 is 4.39 Å². The van der Waals surface area contributed by atoms with Crippen LogP contribution in [-0.2, 0) is 6.54 Å². The Bertz CT molecular complexity index is 403. The molecule has 0 bridgehead atoms. The molecule has 1 nitrogen and oxygen atoms in total. The molecule has 0 amide bonds. The number of benzene rings is 1. The fourth-order valence-corrected chi connectivity index (χ4v) is 2.74. The van der Waals surface area contributed by atoms with Crippen LogP contribution in [0.3, 0.4) is 0 Å². The van der Waals surface area contributed by atoms with Crippen LogP contribution in [0.15, 0.2) is 18.2 Å². The summed E-state index contributed by atoms with van der Waals surface area (Å²) in [6, 6.07) is 5.50. The van der Waals surface area contributed by atoms with E-state index in [4.69, 9.17) is 11.6 Å². The molecule has 0 radical (unpaired) electrons. The molecule has 94 valence electrons. The Labute approximate surface area is 107 Å². The van der Waals surface area contributed by atoms with Gasteiger partial charge in [0.25, 0.3) is 0 Å². The average Bonchev–Trinajstić information content (AvgIpc) is 2.61. The monoisotopic (exact) mass is 255 g/mol. The van der Waals surface area contributed by atoms with Gasteiger partial charge in [0.1, 0.15) is 5.82 Å². The Morgan fingerprint density at radius 1 is 1.47 bits per heavy atom. The molecular weight excluding hydrogens is 237 g/mol. The first-order valence-electron chi connectivity index (χ1n) is 6.14. The SMILES string of the molecule is CC1(C)CCC(NCc2cccc(F)c2Cl)C1. The molecule has 1 aliphatic rings. The van der Waals surface area contributed by atoms with E-state index in [1.165, 1.54) is 25.3 Å². The number of hydrogen-bond donors (Lipinski definition) is 1. The highest BCUT2D eigenvalue weighted by molar-refractivity contribution is 6.31. The molecule has 0 saturated heterocycles. The van der Waals surface area contributed by atoms with E-state index in [9.17, 15) is 4.39 Å². The highest BCUT2D eigenvalue weighted by Crippen LogP contribution is 2.37. The molecule has 1 N–H and O–H groups in total. The van der Waals surface area contributed by atoms with E-state index in [0.29, 0.717) is 18.0 Å². The summed E-state index contributed by atoms with van der Waals surface area (Å²) in [6.45, 7) is 5.24. The van der Waals surface area contributed by atoms with Crippen LogP contribution >= 0.6 is 11.6 Å². The molecule has 1 unspecified atom stereocenters. The van der Waals surface area contributed by atoms with Crippen LogP contribution in [0.2, 0.25) is 5.02 Å². The molecule has 1 fully saturated rings. The topological polar surface area (TPSA) is 12.0 Å². The van der Waals surface area contributed by atoms with Crippen molar-refractivity contribution in [3.8, 4) is 0 Å². The largest absolute Gasteiger partial charge is 0.310 e. The lowest BCUT2D eigenvalue weighted by Crippen LogP contribution is -2.27. The first kappa shape index (κ1) is 12.8. The van der Waals surface area contributed by atoms with Gasteiger partial charge in [-0.15, -0.1) is 0 Å². The van der Waals surface area contributed by atoms with Crippen LogP contribution in [-0.4, -0.2) is 6.04 Å². The molecule has 0 aliphatic heterocycles. The van der Waals surface area contributed by atoms with Crippen molar-refractivity contribution in [1.82, 2.24) is 5.32 Å². The first-order chi connectivity index (χ1) is 7.98. The minimum absolute atomic E-state index is 0.247. The number of halogens is 2. The molecule has 1 aromatic rings. The van der Waals surface area contributed by atoms with Crippen LogP contribution in [0.4, 0.5) is 4.39 Å². The Morgan fingerprint density at radius 3 is 2.88 bits per heavy atom. The first-order valence-corrected chi connectivity index (χ1v) is 6.52. The molecule has 17 heavy (non-hydrogen) atoms. The molecule has 1 aromatic carbocycles. The van der Waals surface area contributed by atoms with Crippen LogP contribution < -0.4 is 5.32 Å². The molecule has 3 heteroatoms. The quantitative estimate of drug-likeness (QED) is 0.856. The lowest BCUT2D eigenvalue weighted by atomic mass is 9.92. The molecule has 1 aliphatic carbocycles. The predicted molar refractivity (Wildman–Crippen MR) is 69.7 cm³/mol. The van der Waals surface area contributed by atoms with Crippen molar-refractivity contribution in [1.29, 1.82) is 0 Å². The van der Waals surface area contributed by atoms with E-state index in [1.807, 2.05) is 6.07 Å². The van der Waals surface area contributed by atoms with Gasteiger partial charge in [-0.05, 0) is 36.3 Å². The fraction of sp³-hybridized carbons (Fsp3) is 0.571. The third kappa shape index (κ3) is 3.20. The van der Waals surface area contributed by atoms with Crippen molar-refractivity contribution in [3.05, 3.63) is 34.6 Å². The van der Waals surface area contributed by atoms with Crippen LogP contribution in [0.1, 0.15) is 38.7 Å². The van der Waals surface area contributed by atoms with Crippen LogP contribution in [0.25, 0.3) is 0 Å². The molecule has 2 rings (SSSR count). The van der Waals surface area contributed by atoms with Gasteiger partial charge in [0.05, 0.1) is 5.02 Å². The third-order valence-electron chi connectivity index (χ3n) is 3.58. The maximum atomic E-state index is 13.2. The van der Waals surface area contributed by atoms with E-state index in [2.05, 4.69) is 19.2 Å². The minimum Gasteiger partial charge on any atom is -0.310 e. The number of rotatable bonds is 3. The van der Waals surface area contributed by atoms with Gasteiger partial charge in [0.2, 0.25) is 0 Å². The van der Waals surface area contributed by atoms with Crippen molar-refractivity contribution >= 4 is 11.6 Å². The average molecular weight is 256 g/mol. The third-order valence-corrected chi connectivity index (χ3v) is 4.00. The minimum atomic E-state index is -0.335. The summed E-state index contributed by atoms with van der Waals surface area (Å²) in [5.41, 5.74) is 1.28. The molecule has 1 atom stereocenters. The summed E-state index contributed by atoms with van der Waals surface area (Å²) in [6.07, 6.45) is 3.63. The molecule has 1 saturated carbocycles. The summed E-state index contributed by atoms with van der Waals surface area (Å²) < 4.78 is 13.2. The van der Waals surface area contributed by atoms with E-state index >= 15 is 0 Å². The van der Waals surface area contributed by atoms with Gasteiger partial charge in [-0.2, -0.15) is 0 Å². The summed E-state index contributed by atoms with van der Waals surface area (Å²) in [5.74, 6) is -0.335. The van der Waals surface area contributed by atoms with Gasteiger partial charge in [-0.1, -0.05) is 37.6 Å². The zero-order chi connectivity index (χ0) is 12.5. The summed E-state index contributed by atoms with van der Waals surface area (Å²) in [7, 11) is 0. The normalized spacial score (nSPS) is 22.9. The Hall–Kier alpha value is -0.600. The molecular formula is C14H19ClFN.